The van der Waals surface area contributed by atoms with E-state index in [0.29, 0.717) is 5.92 Å². The molecule has 0 bridgehead atoms. The predicted octanol–water partition coefficient (Wildman–Crippen LogP) is 1.72. The summed E-state index contributed by atoms with van der Waals surface area (Å²) in [6, 6.07) is 0. The average Bonchev–Trinajstić information content (AvgIpc) is 1.89. The molecule has 0 radical (unpaired) electrons. The first-order valence-electron chi connectivity index (χ1n) is 3.65. The molecule has 52 valence electrons. The van der Waals surface area contributed by atoms with Crippen LogP contribution in [0.3, 0.4) is 0 Å². The fourth-order valence-corrected chi connectivity index (χ4v) is 1.41. The fourth-order valence-electron chi connectivity index (χ4n) is 1.41. The molecule has 1 rings (SSSR count). The van der Waals surface area contributed by atoms with E-state index in [1.54, 1.807) is 0 Å². The molecule has 0 unspecified atom stereocenters. The van der Waals surface area contributed by atoms with Gasteiger partial charge in [-0.2, -0.15) is 0 Å². The Morgan fingerprint density at radius 2 is 2.00 bits per heavy atom. The fraction of sp³-hybridized carbons (Fsp3) is 0.750. The molecule has 2 atom stereocenters. The first kappa shape index (κ1) is 6.81. The monoisotopic (exact) mass is 126 g/mol. The zero-order chi connectivity index (χ0) is 6.69. The van der Waals surface area contributed by atoms with E-state index in [1.165, 1.54) is 12.8 Å². The van der Waals surface area contributed by atoms with Gasteiger partial charge < -0.3 is 5.11 Å². The maximum absolute atomic E-state index is 9.30. The van der Waals surface area contributed by atoms with Gasteiger partial charge in [0.25, 0.3) is 0 Å². The molecule has 0 aromatic carbocycles. The minimum absolute atomic E-state index is 0.101. The van der Waals surface area contributed by atoms with Crippen LogP contribution in [0, 0.1) is 5.92 Å². The van der Waals surface area contributed by atoms with E-state index in [-0.39, 0.29) is 6.10 Å². The van der Waals surface area contributed by atoms with Gasteiger partial charge in [0.2, 0.25) is 0 Å². The van der Waals surface area contributed by atoms with Crippen LogP contribution < -0.4 is 0 Å². The molecule has 1 N–H and O–H groups in total. The maximum Gasteiger partial charge on any atom is 0.0602 e. The molecule has 0 aromatic heterocycles. The van der Waals surface area contributed by atoms with Crippen LogP contribution in [0.5, 0.6) is 0 Å². The van der Waals surface area contributed by atoms with Crippen molar-refractivity contribution in [2.45, 2.75) is 31.8 Å². The molecule has 1 heteroatoms. The van der Waals surface area contributed by atoms with Crippen LogP contribution in [0.25, 0.3) is 0 Å². The zero-order valence-corrected chi connectivity index (χ0v) is 5.71. The average molecular weight is 126 g/mol. The molecule has 1 aliphatic carbocycles. The Balaban J connectivity index is 2.38. The summed E-state index contributed by atoms with van der Waals surface area (Å²) in [5.41, 5.74) is 0. The van der Waals surface area contributed by atoms with Gasteiger partial charge in [-0.3, -0.25) is 0 Å². The Labute approximate surface area is 56.4 Å². The molecule has 9 heavy (non-hydrogen) atoms. The van der Waals surface area contributed by atoms with E-state index in [9.17, 15) is 5.11 Å². The van der Waals surface area contributed by atoms with E-state index in [0.717, 1.165) is 12.8 Å². The third-order valence-electron chi connectivity index (χ3n) is 2.08. The van der Waals surface area contributed by atoms with E-state index < -0.39 is 0 Å². The lowest BCUT2D eigenvalue weighted by Gasteiger charge is -2.24. The van der Waals surface area contributed by atoms with Gasteiger partial charge >= 0.3 is 0 Å². The molecule has 0 saturated heterocycles. The lowest BCUT2D eigenvalue weighted by atomic mass is 9.87. The molecule has 0 heterocycles. The van der Waals surface area contributed by atoms with Crippen LogP contribution in [-0.4, -0.2) is 11.2 Å². The van der Waals surface area contributed by atoms with Gasteiger partial charge in [-0.15, -0.1) is 6.58 Å². The van der Waals surface area contributed by atoms with Gasteiger partial charge in [0, 0.05) is 5.92 Å². The summed E-state index contributed by atoms with van der Waals surface area (Å²) in [5, 5.41) is 9.30. The van der Waals surface area contributed by atoms with E-state index in [1.807, 2.05) is 6.08 Å². The minimum atomic E-state index is -0.101. The first-order chi connectivity index (χ1) is 4.34. The van der Waals surface area contributed by atoms with Crippen molar-refractivity contribution in [3.05, 3.63) is 12.7 Å². The van der Waals surface area contributed by atoms with Crippen LogP contribution in [0.15, 0.2) is 12.7 Å². The molecule has 0 amide bonds. The van der Waals surface area contributed by atoms with Crippen LogP contribution in [0.1, 0.15) is 25.7 Å². The minimum Gasteiger partial charge on any atom is -0.393 e. The molecule has 0 spiro atoms. The summed E-state index contributed by atoms with van der Waals surface area (Å²) in [6.07, 6.45) is 6.32. The van der Waals surface area contributed by atoms with Crippen LogP contribution in [-0.2, 0) is 0 Å². The highest BCUT2D eigenvalue weighted by molar-refractivity contribution is 4.87. The number of rotatable bonds is 1. The smallest absolute Gasteiger partial charge is 0.0602 e. The zero-order valence-electron chi connectivity index (χ0n) is 5.71. The highest BCUT2D eigenvalue weighted by Gasteiger charge is 2.19. The summed E-state index contributed by atoms with van der Waals surface area (Å²) >= 11 is 0. The second-order valence-corrected chi connectivity index (χ2v) is 2.75. The summed E-state index contributed by atoms with van der Waals surface area (Å²) in [6.45, 7) is 3.67. The second kappa shape index (κ2) is 3.02. The van der Waals surface area contributed by atoms with Crippen LogP contribution >= 0.6 is 0 Å². The largest absolute Gasteiger partial charge is 0.393 e. The SMILES string of the molecule is C=C[C@@H]1CCCC[C@@H]1O. The van der Waals surface area contributed by atoms with Crippen LogP contribution in [0.2, 0.25) is 0 Å². The van der Waals surface area contributed by atoms with Crippen molar-refractivity contribution in [1.29, 1.82) is 0 Å². The van der Waals surface area contributed by atoms with E-state index in [2.05, 4.69) is 6.58 Å². The Bertz CT molecular complexity index is 98.7. The Hall–Kier alpha value is -0.300. The molecule has 0 aromatic rings. The maximum atomic E-state index is 9.30. The first-order valence-corrected chi connectivity index (χ1v) is 3.65. The van der Waals surface area contributed by atoms with Crippen molar-refractivity contribution in [3.8, 4) is 0 Å². The topological polar surface area (TPSA) is 20.2 Å². The predicted molar refractivity (Wildman–Crippen MR) is 38.2 cm³/mol. The number of aliphatic hydroxyl groups excluding tert-OH is 1. The van der Waals surface area contributed by atoms with E-state index >= 15 is 0 Å². The Morgan fingerprint density at radius 3 is 2.44 bits per heavy atom. The molecule has 0 aliphatic heterocycles. The third-order valence-corrected chi connectivity index (χ3v) is 2.08. The lowest BCUT2D eigenvalue weighted by Crippen LogP contribution is -2.22. The van der Waals surface area contributed by atoms with Crippen molar-refractivity contribution in [2.24, 2.45) is 5.92 Å². The van der Waals surface area contributed by atoms with Gasteiger partial charge in [-0.25, -0.2) is 0 Å². The summed E-state index contributed by atoms with van der Waals surface area (Å²) < 4.78 is 0. The number of aliphatic hydroxyl groups is 1. The van der Waals surface area contributed by atoms with Crippen molar-refractivity contribution in [3.63, 3.8) is 0 Å². The van der Waals surface area contributed by atoms with Crippen molar-refractivity contribution >= 4 is 0 Å². The van der Waals surface area contributed by atoms with Gasteiger partial charge in [-0.1, -0.05) is 18.9 Å². The van der Waals surface area contributed by atoms with Crippen molar-refractivity contribution < 1.29 is 5.11 Å². The van der Waals surface area contributed by atoms with Gasteiger partial charge in [0.15, 0.2) is 0 Å². The van der Waals surface area contributed by atoms with Crippen LogP contribution in [0.4, 0.5) is 0 Å². The summed E-state index contributed by atoms with van der Waals surface area (Å²) in [7, 11) is 0. The molecule has 1 saturated carbocycles. The summed E-state index contributed by atoms with van der Waals surface area (Å²) in [4.78, 5) is 0. The van der Waals surface area contributed by atoms with Crippen molar-refractivity contribution in [1.82, 2.24) is 0 Å². The van der Waals surface area contributed by atoms with Gasteiger partial charge in [0.05, 0.1) is 6.10 Å². The quantitative estimate of drug-likeness (QED) is 0.530. The lowest BCUT2D eigenvalue weighted by molar-refractivity contribution is 0.0929. The number of hydrogen-bond acceptors (Lipinski definition) is 1. The molecular formula is C8H14O. The third kappa shape index (κ3) is 1.55. The molecule has 1 fully saturated rings. The highest BCUT2D eigenvalue weighted by atomic mass is 16.3. The Morgan fingerprint density at radius 1 is 1.33 bits per heavy atom. The second-order valence-electron chi connectivity index (χ2n) is 2.75. The summed E-state index contributed by atoms with van der Waals surface area (Å²) in [5.74, 6) is 0.374. The highest BCUT2D eigenvalue weighted by Crippen LogP contribution is 2.24. The number of hydrogen-bond donors (Lipinski definition) is 1. The van der Waals surface area contributed by atoms with Gasteiger partial charge in [-0.05, 0) is 12.8 Å². The molecular weight excluding hydrogens is 112 g/mol. The molecule has 1 aliphatic rings. The van der Waals surface area contributed by atoms with Crippen molar-refractivity contribution in [2.75, 3.05) is 0 Å². The molecule has 1 nitrogen and oxygen atoms in total. The standard InChI is InChI=1S/C8H14O/c1-2-7-5-3-4-6-8(7)9/h2,7-9H,1,3-6H2/t7-,8+/m1/s1. The normalized spacial score (nSPS) is 36.1. The van der Waals surface area contributed by atoms with E-state index in [4.69, 9.17) is 0 Å². The van der Waals surface area contributed by atoms with Gasteiger partial charge in [0.1, 0.15) is 0 Å². The Kier molecular flexibility index (Phi) is 2.29.